The van der Waals surface area contributed by atoms with Gasteiger partial charge in [0.2, 0.25) is 0 Å². The third kappa shape index (κ3) is 2.77. The van der Waals surface area contributed by atoms with Gasteiger partial charge in [-0.05, 0) is 51.1 Å². The number of carbonyl (C=O) groups excluding carboxylic acids is 1. The predicted octanol–water partition coefficient (Wildman–Crippen LogP) is 1.56. The highest BCUT2D eigenvalue weighted by Gasteiger charge is 2.23. The van der Waals surface area contributed by atoms with E-state index in [-0.39, 0.29) is 5.91 Å². The Morgan fingerprint density at radius 2 is 2.29 bits per heavy atom. The molecule has 0 bridgehead atoms. The molecule has 17 heavy (non-hydrogen) atoms. The number of amides is 1. The summed E-state index contributed by atoms with van der Waals surface area (Å²) in [4.78, 5) is 11.5. The fourth-order valence-electron chi connectivity index (χ4n) is 1.88. The normalized spacial score (nSPS) is 18.2. The summed E-state index contributed by atoms with van der Waals surface area (Å²) in [6.45, 7) is 2.75. The van der Waals surface area contributed by atoms with E-state index < -0.39 is 6.10 Å². The summed E-state index contributed by atoms with van der Waals surface area (Å²) in [5.41, 5.74) is 2.01. The maximum atomic E-state index is 11.5. The maximum absolute atomic E-state index is 11.5. The van der Waals surface area contributed by atoms with Crippen LogP contribution in [0.1, 0.15) is 18.9 Å². The molecular weight excluding hydrogens is 216 g/mol. The molecule has 92 valence electrons. The summed E-state index contributed by atoms with van der Waals surface area (Å²) >= 11 is 0. The van der Waals surface area contributed by atoms with Crippen LogP contribution in [0.25, 0.3) is 0 Å². The number of hydrogen-bond donors (Lipinski definition) is 2. The Morgan fingerprint density at radius 3 is 3.06 bits per heavy atom. The van der Waals surface area contributed by atoms with Gasteiger partial charge in [0, 0.05) is 0 Å². The van der Waals surface area contributed by atoms with Gasteiger partial charge in [-0.3, -0.25) is 4.79 Å². The van der Waals surface area contributed by atoms with Crippen LogP contribution >= 0.6 is 0 Å². The Morgan fingerprint density at radius 1 is 1.47 bits per heavy atom. The van der Waals surface area contributed by atoms with Gasteiger partial charge in [-0.15, -0.1) is 0 Å². The van der Waals surface area contributed by atoms with Crippen molar-refractivity contribution in [3.63, 3.8) is 0 Å². The molecule has 0 aliphatic carbocycles. The van der Waals surface area contributed by atoms with Gasteiger partial charge < -0.3 is 15.4 Å². The Labute approximate surface area is 101 Å². The lowest BCUT2D eigenvalue weighted by Gasteiger charge is -2.23. The van der Waals surface area contributed by atoms with E-state index in [9.17, 15) is 4.79 Å². The predicted molar refractivity (Wildman–Crippen MR) is 67.4 cm³/mol. The summed E-state index contributed by atoms with van der Waals surface area (Å²) in [5.74, 6) is 0.680. The molecule has 0 saturated heterocycles. The minimum absolute atomic E-state index is 0.0788. The van der Waals surface area contributed by atoms with Crippen molar-refractivity contribution in [2.45, 2.75) is 25.9 Å². The molecule has 2 N–H and O–H groups in total. The number of nitrogens with one attached hydrogen (secondary N) is 2. The molecule has 4 nitrogen and oxygen atoms in total. The zero-order valence-corrected chi connectivity index (χ0v) is 10.2. The monoisotopic (exact) mass is 234 g/mol. The minimum Gasteiger partial charge on any atom is -0.479 e. The molecule has 0 spiro atoms. The summed E-state index contributed by atoms with van der Waals surface area (Å²) in [5, 5.41) is 5.98. The lowest BCUT2D eigenvalue weighted by molar-refractivity contribution is -0.122. The Balaban J connectivity index is 2.09. The molecule has 0 saturated carbocycles. The highest BCUT2D eigenvalue weighted by Crippen LogP contribution is 2.30. The number of aryl methyl sites for hydroxylation is 1. The zero-order valence-electron chi connectivity index (χ0n) is 10.2. The Hall–Kier alpha value is -1.55. The highest BCUT2D eigenvalue weighted by molar-refractivity contribution is 5.97. The van der Waals surface area contributed by atoms with Crippen molar-refractivity contribution >= 4 is 11.6 Å². The van der Waals surface area contributed by atoms with Crippen LogP contribution < -0.4 is 15.4 Å². The summed E-state index contributed by atoms with van der Waals surface area (Å²) in [7, 11) is 1.95. The van der Waals surface area contributed by atoms with Gasteiger partial charge in [0.15, 0.2) is 6.10 Å². The van der Waals surface area contributed by atoms with E-state index in [1.54, 1.807) is 6.92 Å². The third-order valence-corrected chi connectivity index (χ3v) is 2.87. The average Bonchev–Trinajstić information content (AvgIpc) is 2.31. The van der Waals surface area contributed by atoms with Crippen LogP contribution in [0.5, 0.6) is 5.75 Å². The average molecular weight is 234 g/mol. The van der Waals surface area contributed by atoms with Gasteiger partial charge >= 0.3 is 0 Å². The van der Waals surface area contributed by atoms with E-state index in [0.29, 0.717) is 0 Å². The van der Waals surface area contributed by atoms with Crippen LogP contribution in [0.4, 0.5) is 5.69 Å². The molecule has 4 heteroatoms. The molecule has 2 rings (SSSR count). The van der Waals surface area contributed by atoms with Crippen LogP contribution in [0, 0.1) is 0 Å². The largest absolute Gasteiger partial charge is 0.479 e. The van der Waals surface area contributed by atoms with Crippen LogP contribution in [-0.4, -0.2) is 25.6 Å². The molecule has 1 aromatic carbocycles. The minimum atomic E-state index is -0.405. The number of carbonyl (C=O) groups is 1. The first-order valence-electron chi connectivity index (χ1n) is 5.96. The Bertz CT molecular complexity index is 418. The van der Waals surface area contributed by atoms with Gasteiger partial charge in [0.05, 0.1) is 5.69 Å². The highest BCUT2D eigenvalue weighted by atomic mass is 16.5. The Kier molecular flexibility index (Phi) is 3.64. The first-order chi connectivity index (χ1) is 8.20. The third-order valence-electron chi connectivity index (χ3n) is 2.87. The van der Waals surface area contributed by atoms with E-state index in [1.165, 1.54) is 5.56 Å². The first-order valence-corrected chi connectivity index (χ1v) is 5.96. The van der Waals surface area contributed by atoms with Crippen molar-refractivity contribution in [2.75, 3.05) is 18.9 Å². The molecule has 0 radical (unpaired) electrons. The van der Waals surface area contributed by atoms with Gasteiger partial charge in [0.25, 0.3) is 5.91 Å². The van der Waals surface area contributed by atoms with Gasteiger partial charge in [0.1, 0.15) is 5.75 Å². The second-order valence-electron chi connectivity index (χ2n) is 4.29. The number of hydrogen-bond acceptors (Lipinski definition) is 3. The van der Waals surface area contributed by atoms with E-state index >= 15 is 0 Å². The first kappa shape index (κ1) is 11.9. The van der Waals surface area contributed by atoms with Crippen molar-refractivity contribution < 1.29 is 9.53 Å². The molecule has 1 aromatic rings. The summed E-state index contributed by atoms with van der Waals surface area (Å²) < 4.78 is 5.50. The summed E-state index contributed by atoms with van der Waals surface area (Å²) in [6, 6.07) is 5.98. The van der Waals surface area contributed by atoms with Crippen molar-refractivity contribution in [1.29, 1.82) is 0 Å². The lowest BCUT2D eigenvalue weighted by Crippen LogP contribution is -2.34. The van der Waals surface area contributed by atoms with Crippen LogP contribution in [0.3, 0.4) is 0 Å². The molecular formula is C13H18N2O2. The number of benzene rings is 1. The van der Waals surface area contributed by atoms with E-state index in [0.717, 1.165) is 30.8 Å². The quantitative estimate of drug-likeness (QED) is 0.777. The van der Waals surface area contributed by atoms with Crippen molar-refractivity contribution in [1.82, 2.24) is 5.32 Å². The fraction of sp³-hybridized carbons (Fsp3) is 0.462. The lowest BCUT2D eigenvalue weighted by atomic mass is 10.1. The van der Waals surface area contributed by atoms with Crippen LogP contribution in [-0.2, 0) is 11.2 Å². The van der Waals surface area contributed by atoms with Crippen LogP contribution in [0.15, 0.2) is 18.2 Å². The van der Waals surface area contributed by atoms with E-state index in [2.05, 4.69) is 16.7 Å². The molecule has 1 amide bonds. The molecule has 1 atom stereocenters. The SMILES string of the molecule is CNCCCc1ccc2c(c1)NC(=O)C(C)O2. The molecule has 0 aromatic heterocycles. The molecule has 1 aliphatic heterocycles. The fourth-order valence-corrected chi connectivity index (χ4v) is 1.88. The number of ether oxygens (including phenoxy) is 1. The van der Waals surface area contributed by atoms with Gasteiger partial charge in [-0.1, -0.05) is 6.07 Å². The molecule has 1 aliphatic rings. The number of fused-ring (bicyclic) bond motifs is 1. The number of anilines is 1. The second-order valence-corrected chi connectivity index (χ2v) is 4.29. The van der Waals surface area contributed by atoms with Gasteiger partial charge in [-0.2, -0.15) is 0 Å². The van der Waals surface area contributed by atoms with E-state index in [1.807, 2.05) is 19.2 Å². The second kappa shape index (κ2) is 5.19. The standard InChI is InChI=1S/C13H18N2O2/c1-9-13(16)15-11-8-10(4-3-7-14-2)5-6-12(11)17-9/h5-6,8-9,14H,3-4,7H2,1-2H3,(H,15,16). The molecule has 1 heterocycles. The maximum Gasteiger partial charge on any atom is 0.265 e. The zero-order chi connectivity index (χ0) is 12.3. The summed E-state index contributed by atoms with van der Waals surface area (Å²) in [6.07, 6.45) is 1.68. The molecule has 0 fully saturated rings. The van der Waals surface area contributed by atoms with Gasteiger partial charge in [-0.25, -0.2) is 0 Å². The van der Waals surface area contributed by atoms with Crippen molar-refractivity contribution in [3.8, 4) is 5.75 Å². The van der Waals surface area contributed by atoms with Crippen molar-refractivity contribution in [3.05, 3.63) is 23.8 Å². The smallest absolute Gasteiger partial charge is 0.265 e. The van der Waals surface area contributed by atoms with Crippen molar-refractivity contribution in [2.24, 2.45) is 0 Å². The van der Waals surface area contributed by atoms with E-state index in [4.69, 9.17) is 4.74 Å². The number of rotatable bonds is 4. The molecule has 1 unspecified atom stereocenters. The topological polar surface area (TPSA) is 50.4 Å². The van der Waals surface area contributed by atoms with Crippen LogP contribution in [0.2, 0.25) is 0 Å².